The van der Waals surface area contributed by atoms with Crippen LogP contribution in [0.5, 0.6) is 0 Å². The molecule has 1 aromatic carbocycles. The molecule has 0 aliphatic carbocycles. The Morgan fingerprint density at radius 1 is 1.15 bits per heavy atom. The second-order valence-corrected chi connectivity index (χ2v) is 5.39. The average molecular weight is 272 g/mol. The molecule has 0 fully saturated rings. The van der Waals surface area contributed by atoms with Crippen LogP contribution in [0.1, 0.15) is 37.3 Å². The summed E-state index contributed by atoms with van der Waals surface area (Å²) in [5, 5.41) is 3.06. The summed E-state index contributed by atoms with van der Waals surface area (Å²) in [5.74, 6) is -0.370. The van der Waals surface area contributed by atoms with Gasteiger partial charge in [0.05, 0.1) is 0 Å². The van der Waals surface area contributed by atoms with Crippen LogP contribution in [0.4, 0.5) is 0 Å². The quantitative estimate of drug-likeness (QED) is 0.694. The summed E-state index contributed by atoms with van der Waals surface area (Å²) in [6.45, 7) is 2.22. The first-order valence-electron chi connectivity index (χ1n) is 7.27. The van der Waals surface area contributed by atoms with Crippen LogP contribution in [0, 0.1) is 0 Å². The van der Waals surface area contributed by atoms with Crippen molar-refractivity contribution in [1.82, 2.24) is 5.32 Å². The van der Waals surface area contributed by atoms with Crippen LogP contribution < -0.4 is 16.8 Å². The second-order valence-electron chi connectivity index (χ2n) is 5.39. The highest BCUT2D eigenvalue weighted by Crippen LogP contribution is 2.15. The van der Waals surface area contributed by atoms with Gasteiger partial charge in [-0.15, -0.1) is 0 Å². The Morgan fingerprint density at radius 2 is 1.85 bits per heavy atom. The summed E-state index contributed by atoms with van der Waals surface area (Å²) >= 11 is 0. The molecule has 5 N–H and O–H groups in total. The van der Waals surface area contributed by atoms with Crippen molar-refractivity contribution in [3.63, 3.8) is 0 Å². The van der Waals surface area contributed by atoms with Crippen LogP contribution in [0.3, 0.4) is 0 Å². The van der Waals surface area contributed by atoms with Crippen LogP contribution >= 0.6 is 0 Å². The molecule has 1 aromatic rings. The van der Waals surface area contributed by atoms with Gasteiger partial charge in [0.1, 0.15) is 5.84 Å². The molecule has 0 radical (unpaired) electrons. The minimum Gasteiger partial charge on any atom is -0.384 e. The molecule has 1 heterocycles. The number of aryl methyl sites for hydroxylation is 1. The summed E-state index contributed by atoms with van der Waals surface area (Å²) in [5.41, 5.74) is 14.4. The Kier molecular flexibility index (Phi) is 4.79. The monoisotopic (exact) mass is 272 g/mol. The minimum atomic E-state index is -0.831. The third-order valence-electron chi connectivity index (χ3n) is 3.48. The number of aliphatic imine (C=N–C) groups is 1. The van der Waals surface area contributed by atoms with Gasteiger partial charge in [-0.05, 0) is 30.0 Å². The molecule has 4 nitrogen and oxygen atoms in total. The number of nitrogens with two attached hydrogens (primary N) is 2. The Bertz CT molecular complexity index is 490. The van der Waals surface area contributed by atoms with E-state index in [-0.39, 0.29) is 0 Å². The van der Waals surface area contributed by atoms with E-state index in [9.17, 15) is 0 Å². The molecule has 0 bridgehead atoms. The van der Waals surface area contributed by atoms with Crippen LogP contribution in [0.15, 0.2) is 41.5 Å². The number of nitrogens with zero attached hydrogens (tertiary/aromatic N) is 1. The highest BCUT2D eigenvalue weighted by molar-refractivity contribution is 5.92. The molecule has 0 spiro atoms. The standard InChI is InChI=1S/C16H24N4/c1-2-3-4-5-13-6-8-14(9-7-13)12-16(18)19-11-10-15(17)20-16/h6-11,19H,2-5,12,18H2,1H3,(H2,17,20). The molecule has 1 aliphatic heterocycles. The van der Waals surface area contributed by atoms with Crippen LogP contribution in [-0.2, 0) is 12.8 Å². The minimum absolute atomic E-state index is 0.461. The largest absolute Gasteiger partial charge is 0.384 e. The molecule has 0 aromatic heterocycles. The number of hydrogen-bond acceptors (Lipinski definition) is 4. The highest BCUT2D eigenvalue weighted by atomic mass is 15.3. The van der Waals surface area contributed by atoms with E-state index in [0.717, 1.165) is 12.0 Å². The van der Waals surface area contributed by atoms with E-state index in [0.29, 0.717) is 12.3 Å². The SMILES string of the molecule is CCCCCc1ccc(CC2(N)N=C(N)C=CN2)cc1. The van der Waals surface area contributed by atoms with E-state index in [1.165, 1.54) is 24.8 Å². The topological polar surface area (TPSA) is 76.4 Å². The van der Waals surface area contributed by atoms with Gasteiger partial charge >= 0.3 is 0 Å². The Labute approximate surface area is 121 Å². The fourth-order valence-electron chi connectivity index (χ4n) is 2.38. The van der Waals surface area contributed by atoms with Gasteiger partial charge in [-0.3, -0.25) is 5.73 Å². The number of unbranched alkanes of at least 4 members (excludes halogenated alkanes) is 2. The lowest BCUT2D eigenvalue weighted by Gasteiger charge is -2.28. The molecule has 1 atom stereocenters. The number of rotatable bonds is 6. The summed E-state index contributed by atoms with van der Waals surface area (Å²) in [6, 6.07) is 8.61. The Hall–Kier alpha value is -1.81. The maximum atomic E-state index is 6.19. The smallest absolute Gasteiger partial charge is 0.188 e. The molecule has 2 rings (SSSR count). The Morgan fingerprint density at radius 3 is 2.50 bits per heavy atom. The molecule has 20 heavy (non-hydrogen) atoms. The average Bonchev–Trinajstić information content (AvgIpc) is 2.40. The molecular formula is C16H24N4. The van der Waals surface area contributed by atoms with E-state index in [2.05, 4.69) is 41.5 Å². The van der Waals surface area contributed by atoms with Crippen molar-refractivity contribution in [3.05, 3.63) is 47.7 Å². The zero-order valence-corrected chi connectivity index (χ0v) is 12.1. The molecule has 1 aliphatic rings. The fraction of sp³-hybridized carbons (Fsp3) is 0.438. The number of amidine groups is 1. The van der Waals surface area contributed by atoms with Crippen molar-refractivity contribution in [2.75, 3.05) is 0 Å². The molecule has 0 amide bonds. The third kappa shape index (κ3) is 4.10. The first-order chi connectivity index (χ1) is 9.61. The summed E-state index contributed by atoms with van der Waals surface area (Å²) < 4.78 is 0. The molecule has 108 valence electrons. The normalized spacial score (nSPS) is 21.4. The third-order valence-corrected chi connectivity index (χ3v) is 3.48. The van der Waals surface area contributed by atoms with Gasteiger partial charge in [0, 0.05) is 12.6 Å². The van der Waals surface area contributed by atoms with Gasteiger partial charge in [-0.2, -0.15) is 0 Å². The summed E-state index contributed by atoms with van der Waals surface area (Å²) in [7, 11) is 0. The maximum Gasteiger partial charge on any atom is 0.188 e. The van der Waals surface area contributed by atoms with Crippen molar-refractivity contribution in [3.8, 4) is 0 Å². The number of hydrogen-bond donors (Lipinski definition) is 3. The predicted molar refractivity (Wildman–Crippen MR) is 84.2 cm³/mol. The van der Waals surface area contributed by atoms with E-state index >= 15 is 0 Å². The Balaban J connectivity index is 1.95. The van der Waals surface area contributed by atoms with Crippen molar-refractivity contribution in [1.29, 1.82) is 0 Å². The van der Waals surface area contributed by atoms with Crippen molar-refractivity contribution >= 4 is 5.84 Å². The van der Waals surface area contributed by atoms with Gasteiger partial charge in [-0.1, -0.05) is 44.0 Å². The second kappa shape index (κ2) is 6.57. The highest BCUT2D eigenvalue weighted by Gasteiger charge is 2.24. The zero-order valence-electron chi connectivity index (χ0n) is 12.1. The van der Waals surface area contributed by atoms with Crippen molar-refractivity contribution in [2.45, 2.75) is 44.8 Å². The van der Waals surface area contributed by atoms with Crippen molar-refractivity contribution in [2.24, 2.45) is 16.5 Å². The van der Waals surface area contributed by atoms with E-state index < -0.39 is 5.79 Å². The van der Waals surface area contributed by atoms with E-state index in [1.807, 2.05) is 0 Å². The fourth-order valence-corrected chi connectivity index (χ4v) is 2.38. The maximum absolute atomic E-state index is 6.19. The molecule has 1 unspecified atom stereocenters. The number of nitrogens with one attached hydrogen (secondary N) is 1. The zero-order chi connectivity index (χ0) is 14.4. The van der Waals surface area contributed by atoms with Gasteiger partial charge in [0.15, 0.2) is 5.79 Å². The van der Waals surface area contributed by atoms with Gasteiger partial charge in [0.2, 0.25) is 0 Å². The molecule has 0 saturated carbocycles. The first-order valence-corrected chi connectivity index (χ1v) is 7.27. The molecule has 0 saturated heterocycles. The lowest BCUT2D eigenvalue weighted by molar-refractivity contribution is 0.390. The van der Waals surface area contributed by atoms with Gasteiger partial charge in [0.25, 0.3) is 0 Å². The first kappa shape index (κ1) is 14.6. The molecule has 4 heteroatoms. The van der Waals surface area contributed by atoms with E-state index in [1.54, 1.807) is 12.3 Å². The van der Waals surface area contributed by atoms with Crippen molar-refractivity contribution < 1.29 is 0 Å². The van der Waals surface area contributed by atoms with Crippen LogP contribution in [-0.4, -0.2) is 11.6 Å². The van der Waals surface area contributed by atoms with Gasteiger partial charge in [-0.25, -0.2) is 4.99 Å². The predicted octanol–water partition coefficient (Wildman–Crippen LogP) is 2.05. The lowest BCUT2D eigenvalue weighted by atomic mass is 10.0. The van der Waals surface area contributed by atoms with Gasteiger partial charge < -0.3 is 11.1 Å². The number of benzene rings is 1. The molecular weight excluding hydrogens is 248 g/mol. The van der Waals surface area contributed by atoms with E-state index in [4.69, 9.17) is 11.5 Å². The lowest BCUT2D eigenvalue weighted by Crippen LogP contribution is -2.54. The van der Waals surface area contributed by atoms with Crippen LogP contribution in [0.25, 0.3) is 0 Å². The summed E-state index contributed by atoms with van der Waals surface area (Å²) in [4.78, 5) is 4.27. The summed E-state index contributed by atoms with van der Waals surface area (Å²) in [6.07, 6.45) is 9.03. The van der Waals surface area contributed by atoms with Crippen LogP contribution in [0.2, 0.25) is 0 Å².